The monoisotopic (exact) mass is 994 g/mol. The molecule has 18 heteroatoms. The lowest BCUT2D eigenvalue weighted by molar-refractivity contribution is -0.443. The van der Waals surface area contributed by atoms with Gasteiger partial charge in [0.05, 0.1) is 34.8 Å². The Kier molecular flexibility index (Phi) is 17.9. The van der Waals surface area contributed by atoms with E-state index in [1.165, 1.54) is 12.1 Å². The highest BCUT2D eigenvalue weighted by molar-refractivity contribution is 7.86. The number of allylic oxidation sites excluding steroid dienone is 4. The van der Waals surface area contributed by atoms with Crippen molar-refractivity contribution in [3.63, 3.8) is 0 Å². The molecule has 2 N–H and O–H groups in total. The number of ether oxygens (including phenoxy) is 2. The molecular weight excluding hydrogens is 928 g/mol. The molecule has 0 aromatic heterocycles. The number of ketones is 1. The molecule has 366 valence electrons. The Morgan fingerprint density at radius 3 is 2.12 bits per heavy atom. The van der Waals surface area contributed by atoms with Gasteiger partial charge in [-0.15, -0.1) is 11.6 Å². The zero-order chi connectivity index (χ0) is 47.8. The number of carbonyl (C=O) groups excluding carboxylic acids is 1. The molecule has 4 aliphatic rings. The summed E-state index contributed by atoms with van der Waals surface area (Å²) in [5.41, 5.74) is 4.07. The number of hydrogen-bond acceptors (Lipinski definition) is 11. The van der Waals surface area contributed by atoms with Crippen LogP contribution in [0.5, 0.6) is 0 Å². The third-order valence-electron chi connectivity index (χ3n) is 13.8. The largest absolute Gasteiger partial charge is 0.744 e. The topological polar surface area (TPSA) is 208 Å². The summed E-state index contributed by atoms with van der Waals surface area (Å²) in [5, 5.41) is 0. The van der Waals surface area contributed by atoms with Crippen molar-refractivity contribution < 1.29 is 57.8 Å². The van der Waals surface area contributed by atoms with Crippen molar-refractivity contribution in [3.8, 4) is 0 Å². The molecule has 2 atom stereocenters. The first-order chi connectivity index (χ1) is 31.3. The van der Waals surface area contributed by atoms with E-state index in [2.05, 4.69) is 9.48 Å². The van der Waals surface area contributed by atoms with E-state index in [1.807, 2.05) is 32.1 Å². The maximum atomic E-state index is 13.0. The molecule has 2 aromatic rings. The summed E-state index contributed by atoms with van der Waals surface area (Å²) in [4.78, 5) is 14.4. The Bertz CT molecular complexity index is 2520. The molecule has 0 aliphatic carbocycles. The van der Waals surface area contributed by atoms with Gasteiger partial charge in [-0.05, 0) is 102 Å². The number of unbranched alkanes of at least 4 members (excludes halogenated alkanes) is 6. The van der Waals surface area contributed by atoms with Crippen LogP contribution in [0.25, 0.3) is 0 Å². The van der Waals surface area contributed by atoms with Crippen LogP contribution in [0.1, 0.15) is 139 Å². The summed E-state index contributed by atoms with van der Waals surface area (Å²) < 4.78 is 121. The molecule has 0 fully saturated rings. The molecule has 2 unspecified atom stereocenters. The number of hydrogen-bond donors (Lipinski definition) is 2. The van der Waals surface area contributed by atoms with Gasteiger partial charge in [0.2, 0.25) is 5.69 Å². The van der Waals surface area contributed by atoms with E-state index >= 15 is 0 Å². The van der Waals surface area contributed by atoms with Crippen LogP contribution >= 0.6 is 11.6 Å². The number of anilines is 1. The zero-order valence-electron chi connectivity index (χ0n) is 38.4. The SMILES string of the molecule is CC1(CCCCS(=O)(=O)O)C(=CC=CC2=[N+]3CCCc4ccc(S(=O)(=O)O)c(c43)C2(C)CCCCCC(=O)CCCOCCOCCCCCCCl)N2CCCc3ccc(S(=O)(=O)[O-])c1c32. The van der Waals surface area contributed by atoms with Gasteiger partial charge in [0, 0.05) is 78.9 Å². The number of nitrogens with zero attached hydrogens (tertiary/aromatic N) is 2. The predicted octanol–water partition coefficient (Wildman–Crippen LogP) is 8.49. The Labute approximate surface area is 397 Å². The molecule has 0 spiro atoms. The minimum Gasteiger partial charge on any atom is -0.744 e. The molecule has 0 radical (unpaired) electrons. The van der Waals surface area contributed by atoms with Crippen LogP contribution in [0, 0.1) is 0 Å². The summed E-state index contributed by atoms with van der Waals surface area (Å²) in [7, 11) is -13.7. The van der Waals surface area contributed by atoms with Crippen LogP contribution < -0.4 is 4.90 Å². The first kappa shape index (κ1) is 52.4. The van der Waals surface area contributed by atoms with E-state index in [9.17, 15) is 43.7 Å². The van der Waals surface area contributed by atoms with Gasteiger partial charge in [-0.1, -0.05) is 50.3 Å². The second kappa shape index (κ2) is 22.6. The van der Waals surface area contributed by atoms with Gasteiger partial charge in [0.15, 0.2) is 5.71 Å². The van der Waals surface area contributed by atoms with E-state index in [0.29, 0.717) is 120 Å². The van der Waals surface area contributed by atoms with Crippen molar-refractivity contribution in [2.45, 2.75) is 150 Å². The summed E-state index contributed by atoms with van der Waals surface area (Å²) in [6, 6.07) is 6.36. The summed E-state index contributed by atoms with van der Waals surface area (Å²) >= 11 is 5.71. The van der Waals surface area contributed by atoms with Crippen molar-refractivity contribution in [2.24, 2.45) is 0 Å². The number of halogens is 1. The highest BCUT2D eigenvalue weighted by Crippen LogP contribution is 2.56. The third kappa shape index (κ3) is 12.4. The molecule has 4 aliphatic heterocycles. The molecule has 6 rings (SSSR count). The van der Waals surface area contributed by atoms with Crippen LogP contribution in [0.15, 0.2) is 58.0 Å². The molecule has 14 nitrogen and oxygen atoms in total. The van der Waals surface area contributed by atoms with Crippen molar-refractivity contribution in [3.05, 3.63) is 70.4 Å². The average Bonchev–Trinajstić information content (AvgIpc) is 3.65. The van der Waals surface area contributed by atoms with Gasteiger partial charge in [-0.2, -0.15) is 21.4 Å². The van der Waals surface area contributed by atoms with Gasteiger partial charge < -0.3 is 18.9 Å². The van der Waals surface area contributed by atoms with Crippen LogP contribution in [0.3, 0.4) is 0 Å². The van der Waals surface area contributed by atoms with E-state index in [4.69, 9.17) is 21.1 Å². The van der Waals surface area contributed by atoms with Gasteiger partial charge >= 0.3 is 0 Å². The Balaban J connectivity index is 1.20. The number of benzene rings is 2. The normalized spacial score (nSPS) is 21.1. The molecule has 66 heavy (non-hydrogen) atoms. The number of carbonyl (C=O) groups is 1. The number of rotatable bonds is 28. The van der Waals surface area contributed by atoms with Gasteiger partial charge in [-0.25, -0.2) is 8.42 Å². The fraction of sp³-hybridized carbons (Fsp3) is 0.625. The van der Waals surface area contributed by atoms with Gasteiger partial charge in [-0.3, -0.25) is 13.9 Å². The molecule has 2 aromatic carbocycles. The van der Waals surface area contributed by atoms with Gasteiger partial charge in [0.25, 0.3) is 20.2 Å². The van der Waals surface area contributed by atoms with Crippen molar-refractivity contribution in [2.75, 3.05) is 56.0 Å². The first-order valence-electron chi connectivity index (χ1n) is 23.6. The molecule has 4 heterocycles. The minimum atomic E-state index is -4.90. The first-order valence-corrected chi connectivity index (χ1v) is 28.6. The summed E-state index contributed by atoms with van der Waals surface area (Å²) in [5.74, 6) is 0.409. The highest BCUT2D eigenvalue weighted by atomic mass is 35.5. The van der Waals surface area contributed by atoms with Crippen molar-refractivity contribution in [1.29, 1.82) is 0 Å². The fourth-order valence-corrected chi connectivity index (χ4v) is 13.0. The Hall–Kier alpha value is -3.00. The standard InChI is InChI=1S/C48H67ClN2O12S3/c1-47(26-7-5-6-18-38(52)19-15-32-63-34-33-62-31-10-4-3-9-28-49)41(50-29-13-16-36-22-24-39(65(56,57)58)43(47)45(36)50)20-12-21-42-48(2,27-8-11-35-64(53,54)55)44-40(66(59,60)61)25-23-37-17-14-30-51(42)46(37)44/h12,20-25H,3-11,13-19,26-35H2,1-2H3,(H2-,53,54,55,56,57,58,59,60,61). The van der Waals surface area contributed by atoms with Gasteiger partial charge in [0.1, 0.15) is 27.3 Å². The minimum absolute atomic E-state index is 0.129. The third-order valence-corrected chi connectivity index (χ3v) is 16.6. The second-order valence-corrected chi connectivity index (χ2v) is 23.3. The van der Waals surface area contributed by atoms with E-state index in [-0.39, 0.29) is 22.0 Å². The van der Waals surface area contributed by atoms with Crippen LogP contribution in [-0.2, 0) is 68.3 Å². The molecule has 0 saturated heterocycles. The summed E-state index contributed by atoms with van der Waals surface area (Å²) in [6.07, 6.45) is 17.9. The fourth-order valence-electron chi connectivity index (χ4n) is 10.6. The predicted molar refractivity (Wildman–Crippen MR) is 255 cm³/mol. The van der Waals surface area contributed by atoms with Crippen molar-refractivity contribution in [1.82, 2.24) is 0 Å². The van der Waals surface area contributed by atoms with E-state index < -0.39 is 46.9 Å². The summed E-state index contributed by atoms with van der Waals surface area (Å²) in [6.45, 7) is 7.30. The van der Waals surface area contributed by atoms with Crippen LogP contribution in [0.2, 0.25) is 0 Å². The molecule has 0 bridgehead atoms. The van der Waals surface area contributed by atoms with Crippen molar-refractivity contribution >= 4 is 64.8 Å². The number of aryl methyl sites for hydroxylation is 2. The molecule has 0 amide bonds. The number of alkyl halides is 1. The quantitative estimate of drug-likeness (QED) is 0.0355. The van der Waals surface area contributed by atoms with E-state index in [1.54, 1.807) is 12.1 Å². The smallest absolute Gasteiger partial charge is 0.295 e. The lowest BCUT2D eigenvalue weighted by Gasteiger charge is -2.32. The number of Topliss-reactive ketones (excluding diaryl/α,β-unsaturated/α-hetero) is 1. The van der Waals surface area contributed by atoms with E-state index in [0.717, 1.165) is 79.6 Å². The highest BCUT2D eigenvalue weighted by Gasteiger charge is 2.53. The molecule has 0 saturated carbocycles. The maximum absolute atomic E-state index is 13.0. The lowest BCUT2D eigenvalue weighted by Crippen LogP contribution is -2.33. The average molecular weight is 996 g/mol. The zero-order valence-corrected chi connectivity index (χ0v) is 41.6. The maximum Gasteiger partial charge on any atom is 0.295 e. The second-order valence-electron chi connectivity index (χ2n) is 18.6. The Morgan fingerprint density at radius 2 is 1.41 bits per heavy atom. The molecular formula is C48H67ClN2O12S3. The van der Waals surface area contributed by atoms with Crippen LogP contribution in [-0.4, -0.2) is 106 Å². The lowest BCUT2D eigenvalue weighted by atomic mass is 9.74. The van der Waals surface area contributed by atoms with Crippen LogP contribution in [0.4, 0.5) is 11.4 Å². The Morgan fingerprint density at radius 1 is 0.773 bits per heavy atom.